The van der Waals surface area contributed by atoms with E-state index in [-0.39, 0.29) is 0 Å². The molecule has 0 aliphatic carbocycles. The van der Waals surface area contributed by atoms with E-state index in [1.807, 2.05) is 0 Å². The van der Waals surface area contributed by atoms with Crippen LogP contribution in [0.2, 0.25) is 0 Å². The van der Waals surface area contributed by atoms with Crippen LogP contribution in [0.1, 0.15) is 26.2 Å². The number of rotatable bonds is 2. The summed E-state index contributed by atoms with van der Waals surface area (Å²) in [5, 5.41) is 3.50. The fraction of sp³-hybridized carbons (Fsp3) is 1.00. The van der Waals surface area contributed by atoms with Crippen LogP contribution >= 0.6 is 0 Å². The largest absolute Gasteiger partial charge is 0.316 e. The predicted molar refractivity (Wildman–Crippen MR) is 68.7 cm³/mol. The van der Waals surface area contributed by atoms with Crippen LogP contribution < -0.4 is 5.32 Å². The normalized spacial score (nSPS) is 37.9. The third kappa shape index (κ3) is 2.76. The van der Waals surface area contributed by atoms with E-state index in [0.717, 1.165) is 18.0 Å². The lowest BCUT2D eigenvalue weighted by atomic mass is 9.91. The zero-order valence-corrected chi connectivity index (χ0v) is 11.1. The SMILES string of the molecule is CC1CNCCC1N1CCCC(N(C)C)C1. The van der Waals surface area contributed by atoms with Gasteiger partial charge in [-0.3, -0.25) is 4.90 Å². The minimum atomic E-state index is 0.774. The maximum absolute atomic E-state index is 3.50. The van der Waals surface area contributed by atoms with Gasteiger partial charge in [-0.1, -0.05) is 6.92 Å². The zero-order valence-electron chi connectivity index (χ0n) is 11.1. The van der Waals surface area contributed by atoms with Crippen molar-refractivity contribution in [2.75, 3.05) is 40.3 Å². The molecule has 3 unspecified atom stereocenters. The Hall–Kier alpha value is -0.120. The molecule has 3 nitrogen and oxygen atoms in total. The molecule has 0 amide bonds. The van der Waals surface area contributed by atoms with Crippen molar-refractivity contribution in [3.8, 4) is 0 Å². The van der Waals surface area contributed by atoms with Crippen LogP contribution in [-0.4, -0.2) is 62.2 Å². The van der Waals surface area contributed by atoms with Gasteiger partial charge >= 0.3 is 0 Å². The fourth-order valence-electron chi connectivity index (χ4n) is 3.25. The van der Waals surface area contributed by atoms with Crippen LogP contribution in [0.4, 0.5) is 0 Å². The fourth-order valence-corrected chi connectivity index (χ4v) is 3.25. The third-order valence-corrected chi connectivity index (χ3v) is 4.37. The van der Waals surface area contributed by atoms with Crippen molar-refractivity contribution >= 4 is 0 Å². The smallest absolute Gasteiger partial charge is 0.0217 e. The molecule has 2 saturated heterocycles. The molecule has 2 fully saturated rings. The lowest BCUT2D eigenvalue weighted by Crippen LogP contribution is -2.54. The van der Waals surface area contributed by atoms with Crippen LogP contribution in [0, 0.1) is 5.92 Å². The maximum Gasteiger partial charge on any atom is 0.0217 e. The van der Waals surface area contributed by atoms with E-state index in [1.54, 1.807) is 0 Å². The molecule has 0 bridgehead atoms. The van der Waals surface area contributed by atoms with Gasteiger partial charge in [0.25, 0.3) is 0 Å². The quantitative estimate of drug-likeness (QED) is 0.757. The molecule has 2 rings (SSSR count). The highest BCUT2D eigenvalue weighted by Gasteiger charge is 2.31. The first kappa shape index (κ1) is 12.3. The van der Waals surface area contributed by atoms with Crippen molar-refractivity contribution in [3.63, 3.8) is 0 Å². The number of hydrogen-bond acceptors (Lipinski definition) is 3. The van der Waals surface area contributed by atoms with E-state index in [2.05, 4.69) is 36.1 Å². The van der Waals surface area contributed by atoms with Crippen molar-refractivity contribution in [1.82, 2.24) is 15.1 Å². The number of nitrogens with zero attached hydrogens (tertiary/aromatic N) is 2. The van der Waals surface area contributed by atoms with Crippen molar-refractivity contribution < 1.29 is 0 Å². The highest BCUT2D eigenvalue weighted by atomic mass is 15.2. The van der Waals surface area contributed by atoms with Crippen LogP contribution in [0.3, 0.4) is 0 Å². The first-order valence-corrected chi connectivity index (χ1v) is 6.79. The van der Waals surface area contributed by atoms with Crippen LogP contribution in [0.15, 0.2) is 0 Å². The molecular formula is C13H27N3. The maximum atomic E-state index is 3.50. The summed E-state index contributed by atoms with van der Waals surface area (Å²) in [4.78, 5) is 5.15. The summed E-state index contributed by atoms with van der Waals surface area (Å²) in [7, 11) is 4.44. The van der Waals surface area contributed by atoms with Crippen molar-refractivity contribution in [1.29, 1.82) is 0 Å². The summed E-state index contributed by atoms with van der Waals surface area (Å²) in [6, 6.07) is 1.60. The summed E-state index contributed by atoms with van der Waals surface area (Å²) in [6.45, 7) is 7.41. The second kappa shape index (κ2) is 5.48. The van der Waals surface area contributed by atoms with Gasteiger partial charge in [-0.05, 0) is 58.9 Å². The Bertz CT molecular complexity index is 217. The Labute approximate surface area is 100 Å². The minimum absolute atomic E-state index is 0.774. The van der Waals surface area contributed by atoms with Gasteiger partial charge in [0.05, 0.1) is 0 Å². The molecule has 3 heteroatoms. The lowest BCUT2D eigenvalue weighted by molar-refractivity contribution is 0.0585. The number of piperidine rings is 2. The molecule has 2 aliphatic heterocycles. The van der Waals surface area contributed by atoms with Gasteiger partial charge in [0.1, 0.15) is 0 Å². The van der Waals surface area contributed by atoms with Crippen LogP contribution in [-0.2, 0) is 0 Å². The Kier molecular flexibility index (Phi) is 4.22. The van der Waals surface area contributed by atoms with Crippen molar-refractivity contribution in [3.05, 3.63) is 0 Å². The molecule has 0 aromatic rings. The molecule has 0 saturated carbocycles. The van der Waals surface area contributed by atoms with Crippen molar-refractivity contribution in [2.45, 2.75) is 38.3 Å². The van der Waals surface area contributed by atoms with Gasteiger partial charge in [-0.25, -0.2) is 0 Å². The summed E-state index contributed by atoms with van der Waals surface area (Å²) < 4.78 is 0. The van der Waals surface area contributed by atoms with Gasteiger partial charge in [0.15, 0.2) is 0 Å². The van der Waals surface area contributed by atoms with Gasteiger partial charge < -0.3 is 10.2 Å². The van der Waals surface area contributed by atoms with Gasteiger partial charge in [-0.2, -0.15) is 0 Å². The van der Waals surface area contributed by atoms with E-state index in [1.165, 1.54) is 45.4 Å². The Morgan fingerprint density at radius 1 is 1.25 bits per heavy atom. The summed E-state index contributed by atoms with van der Waals surface area (Å²) in [5.41, 5.74) is 0. The number of likely N-dealkylation sites (N-methyl/N-ethyl adjacent to an activating group) is 1. The summed E-state index contributed by atoms with van der Waals surface area (Å²) in [5.74, 6) is 0.815. The summed E-state index contributed by atoms with van der Waals surface area (Å²) >= 11 is 0. The molecule has 0 aromatic heterocycles. The Morgan fingerprint density at radius 2 is 2.06 bits per heavy atom. The molecule has 0 radical (unpaired) electrons. The third-order valence-electron chi connectivity index (χ3n) is 4.37. The molecule has 0 aromatic carbocycles. The van der Waals surface area contributed by atoms with Gasteiger partial charge in [0, 0.05) is 18.6 Å². The number of likely N-dealkylation sites (tertiary alicyclic amines) is 1. The van der Waals surface area contributed by atoms with E-state index in [9.17, 15) is 0 Å². The van der Waals surface area contributed by atoms with E-state index in [0.29, 0.717) is 0 Å². The number of nitrogens with one attached hydrogen (secondary N) is 1. The minimum Gasteiger partial charge on any atom is -0.316 e. The molecule has 3 atom stereocenters. The van der Waals surface area contributed by atoms with E-state index >= 15 is 0 Å². The Morgan fingerprint density at radius 3 is 2.75 bits per heavy atom. The highest BCUT2D eigenvalue weighted by Crippen LogP contribution is 2.23. The molecule has 1 N–H and O–H groups in total. The van der Waals surface area contributed by atoms with Crippen LogP contribution in [0.5, 0.6) is 0 Å². The molecular weight excluding hydrogens is 198 g/mol. The van der Waals surface area contributed by atoms with Crippen molar-refractivity contribution in [2.24, 2.45) is 5.92 Å². The monoisotopic (exact) mass is 225 g/mol. The van der Waals surface area contributed by atoms with E-state index in [4.69, 9.17) is 0 Å². The molecule has 2 heterocycles. The van der Waals surface area contributed by atoms with E-state index < -0.39 is 0 Å². The number of hydrogen-bond donors (Lipinski definition) is 1. The Balaban J connectivity index is 1.92. The second-order valence-corrected chi connectivity index (χ2v) is 5.79. The lowest BCUT2D eigenvalue weighted by Gasteiger charge is -2.44. The molecule has 2 aliphatic rings. The standard InChI is InChI=1S/C13H27N3/c1-11-9-14-7-6-13(11)16-8-4-5-12(10-16)15(2)3/h11-14H,4-10H2,1-3H3. The first-order chi connectivity index (χ1) is 7.68. The predicted octanol–water partition coefficient (Wildman–Crippen LogP) is 1.01. The molecule has 16 heavy (non-hydrogen) atoms. The van der Waals surface area contributed by atoms with Gasteiger partial charge in [-0.15, -0.1) is 0 Å². The second-order valence-electron chi connectivity index (χ2n) is 5.79. The summed E-state index contributed by atoms with van der Waals surface area (Å²) in [6.07, 6.45) is 4.09. The molecule has 94 valence electrons. The first-order valence-electron chi connectivity index (χ1n) is 6.79. The van der Waals surface area contributed by atoms with Crippen LogP contribution in [0.25, 0.3) is 0 Å². The van der Waals surface area contributed by atoms with Gasteiger partial charge in [0.2, 0.25) is 0 Å². The average molecular weight is 225 g/mol. The zero-order chi connectivity index (χ0) is 11.5. The molecule has 0 spiro atoms. The highest BCUT2D eigenvalue weighted by molar-refractivity contribution is 4.88. The topological polar surface area (TPSA) is 18.5 Å². The average Bonchev–Trinajstić information content (AvgIpc) is 2.30.